The Morgan fingerprint density at radius 2 is 2.44 bits per heavy atom. The van der Waals surface area contributed by atoms with Crippen LogP contribution in [0.4, 0.5) is 0 Å². The number of alkyl halides is 1. The van der Waals surface area contributed by atoms with E-state index in [1.54, 1.807) is 0 Å². The van der Waals surface area contributed by atoms with Gasteiger partial charge < -0.3 is 15.0 Å². The van der Waals surface area contributed by atoms with Crippen molar-refractivity contribution < 1.29 is 9.53 Å². The normalized spacial score (nSPS) is 12.1. The maximum absolute atomic E-state index is 11.7. The van der Waals surface area contributed by atoms with Crippen molar-refractivity contribution in [2.75, 3.05) is 19.6 Å². The van der Waals surface area contributed by atoms with Gasteiger partial charge in [-0.15, -0.1) is 11.6 Å². The van der Waals surface area contributed by atoms with Crippen LogP contribution in [0.2, 0.25) is 0 Å². The molecule has 0 radical (unpaired) electrons. The number of methoxy groups -OCH3 is 1. The number of hydrogen-bond donors (Lipinski definition) is 2. The quantitative estimate of drug-likeness (QED) is 0.735. The van der Waals surface area contributed by atoms with Gasteiger partial charge in [0, 0.05) is 30.8 Å². The predicted molar refractivity (Wildman–Crippen MR) is 60.9 cm³/mol. The second-order valence-corrected chi connectivity index (χ2v) is 3.53. The van der Waals surface area contributed by atoms with E-state index in [9.17, 15) is 9.59 Å². The van der Waals surface area contributed by atoms with Gasteiger partial charge in [0.15, 0.2) is 0 Å². The number of amides is 1. The molecule has 0 aliphatic heterocycles. The molecule has 1 amide bonds. The minimum atomic E-state index is -0.339. The monoisotopic (exact) mass is 244 g/mol. The Bertz CT molecular complexity index is 405. The highest BCUT2D eigenvalue weighted by molar-refractivity contribution is 6.18. The van der Waals surface area contributed by atoms with E-state index in [0.29, 0.717) is 12.2 Å². The van der Waals surface area contributed by atoms with E-state index in [1.165, 1.54) is 25.4 Å². The van der Waals surface area contributed by atoms with Crippen LogP contribution < -0.4 is 10.9 Å². The molecule has 6 heteroatoms. The Morgan fingerprint density at radius 3 is 3.00 bits per heavy atom. The lowest BCUT2D eigenvalue weighted by molar-refractivity contribution is 0.0906. The molecule has 5 nitrogen and oxygen atoms in total. The fraction of sp³-hybridized carbons (Fsp3) is 0.400. The second kappa shape index (κ2) is 6.30. The maximum atomic E-state index is 11.7. The number of aromatic nitrogens is 1. The van der Waals surface area contributed by atoms with Crippen LogP contribution in [-0.4, -0.2) is 36.5 Å². The van der Waals surface area contributed by atoms with Crippen LogP contribution in [0.5, 0.6) is 0 Å². The number of H-pyrrole nitrogens is 1. The van der Waals surface area contributed by atoms with Gasteiger partial charge in [-0.05, 0) is 6.07 Å². The van der Waals surface area contributed by atoms with E-state index in [0.717, 1.165) is 0 Å². The summed E-state index contributed by atoms with van der Waals surface area (Å²) >= 11 is 5.65. The van der Waals surface area contributed by atoms with Crippen molar-refractivity contribution in [3.05, 3.63) is 34.2 Å². The Morgan fingerprint density at radius 1 is 1.69 bits per heavy atom. The first kappa shape index (κ1) is 12.7. The summed E-state index contributed by atoms with van der Waals surface area (Å²) in [7, 11) is 1.53. The lowest BCUT2D eigenvalue weighted by Crippen LogP contribution is -2.39. The summed E-state index contributed by atoms with van der Waals surface area (Å²) in [5, 5.41) is 2.66. The van der Waals surface area contributed by atoms with Crippen LogP contribution in [0.15, 0.2) is 23.1 Å². The maximum Gasteiger partial charge on any atom is 0.251 e. The summed E-state index contributed by atoms with van der Waals surface area (Å²) in [4.78, 5) is 25.1. The summed E-state index contributed by atoms with van der Waals surface area (Å²) in [5.41, 5.74) is -0.0169. The number of carbonyl (C=O) groups excluding carboxylic acids is 1. The molecule has 0 saturated heterocycles. The molecule has 1 aromatic rings. The molecular weight excluding hydrogens is 232 g/mol. The average Bonchev–Trinajstić information content (AvgIpc) is 2.28. The van der Waals surface area contributed by atoms with E-state index in [1.807, 2.05) is 0 Å². The number of ether oxygens (including phenoxy) is 1. The topological polar surface area (TPSA) is 71.2 Å². The van der Waals surface area contributed by atoms with Gasteiger partial charge in [0.05, 0.1) is 12.6 Å². The molecule has 16 heavy (non-hydrogen) atoms. The number of halogens is 1. The van der Waals surface area contributed by atoms with E-state index in [2.05, 4.69) is 10.3 Å². The van der Waals surface area contributed by atoms with Crippen LogP contribution in [0.25, 0.3) is 0 Å². The van der Waals surface area contributed by atoms with Crippen molar-refractivity contribution in [2.24, 2.45) is 0 Å². The molecule has 0 aliphatic carbocycles. The zero-order valence-electron chi connectivity index (χ0n) is 8.83. The van der Waals surface area contributed by atoms with Gasteiger partial charge in [-0.1, -0.05) is 0 Å². The lowest BCUT2D eigenvalue weighted by atomic mass is 10.2. The fourth-order valence-electron chi connectivity index (χ4n) is 1.18. The molecule has 1 heterocycles. The third-order valence-corrected chi connectivity index (χ3v) is 2.30. The first-order valence-corrected chi connectivity index (χ1v) is 5.25. The first-order chi connectivity index (χ1) is 7.67. The van der Waals surface area contributed by atoms with E-state index >= 15 is 0 Å². The molecule has 2 N–H and O–H groups in total. The van der Waals surface area contributed by atoms with Gasteiger partial charge in [0.1, 0.15) is 0 Å². The zero-order valence-corrected chi connectivity index (χ0v) is 9.58. The summed E-state index contributed by atoms with van der Waals surface area (Å²) in [6, 6.07) is 2.49. The molecule has 1 atom stereocenters. The van der Waals surface area contributed by atoms with Crippen LogP contribution >= 0.6 is 11.6 Å². The molecule has 1 rings (SSSR count). The number of pyridine rings is 1. The summed E-state index contributed by atoms with van der Waals surface area (Å²) in [6.07, 6.45) is 1.42. The van der Waals surface area contributed by atoms with Gasteiger partial charge in [-0.3, -0.25) is 9.59 Å². The predicted octanol–water partition coefficient (Wildman–Crippen LogP) is 0.359. The third kappa shape index (κ3) is 3.67. The molecule has 0 saturated carbocycles. The van der Waals surface area contributed by atoms with E-state index < -0.39 is 0 Å². The Balaban J connectivity index is 2.67. The number of carbonyl (C=O) groups is 1. The lowest BCUT2D eigenvalue weighted by Gasteiger charge is -2.14. The van der Waals surface area contributed by atoms with Crippen molar-refractivity contribution in [3.63, 3.8) is 0 Å². The molecule has 0 aromatic carbocycles. The standard InChI is InChI=1S/C10H13ClN2O3/c1-16-6-8(5-11)13-10(15)7-2-3-12-9(14)4-7/h2-4,8H,5-6H2,1H3,(H,12,14)(H,13,15). The van der Waals surface area contributed by atoms with Crippen LogP contribution in [0.3, 0.4) is 0 Å². The minimum absolute atomic E-state index is 0.253. The summed E-state index contributed by atoms with van der Waals surface area (Å²) in [6.45, 7) is 0.332. The minimum Gasteiger partial charge on any atom is -0.383 e. The van der Waals surface area contributed by atoms with E-state index in [-0.39, 0.29) is 23.4 Å². The van der Waals surface area contributed by atoms with Crippen LogP contribution in [0.1, 0.15) is 10.4 Å². The molecule has 88 valence electrons. The first-order valence-electron chi connectivity index (χ1n) is 4.72. The molecule has 0 bridgehead atoms. The SMILES string of the molecule is COCC(CCl)NC(=O)c1cc[nH]c(=O)c1. The number of rotatable bonds is 5. The Labute approximate surface area is 97.8 Å². The van der Waals surface area contributed by atoms with Gasteiger partial charge in [-0.25, -0.2) is 0 Å². The molecule has 0 aliphatic rings. The zero-order chi connectivity index (χ0) is 12.0. The van der Waals surface area contributed by atoms with Gasteiger partial charge >= 0.3 is 0 Å². The number of hydrogen-bond acceptors (Lipinski definition) is 3. The van der Waals surface area contributed by atoms with Crippen molar-refractivity contribution >= 4 is 17.5 Å². The van der Waals surface area contributed by atoms with Crippen molar-refractivity contribution in [3.8, 4) is 0 Å². The highest BCUT2D eigenvalue weighted by atomic mass is 35.5. The largest absolute Gasteiger partial charge is 0.383 e. The smallest absolute Gasteiger partial charge is 0.251 e. The second-order valence-electron chi connectivity index (χ2n) is 3.22. The molecule has 0 fully saturated rings. The van der Waals surface area contributed by atoms with Gasteiger partial charge in [-0.2, -0.15) is 0 Å². The Kier molecular flexibility index (Phi) is 5.01. The number of aromatic amines is 1. The molecular formula is C10H13ClN2O3. The van der Waals surface area contributed by atoms with Gasteiger partial charge in [0.2, 0.25) is 5.56 Å². The van der Waals surface area contributed by atoms with E-state index in [4.69, 9.17) is 16.3 Å². The Hall–Kier alpha value is -1.33. The van der Waals surface area contributed by atoms with Crippen molar-refractivity contribution in [1.82, 2.24) is 10.3 Å². The third-order valence-electron chi connectivity index (χ3n) is 1.93. The fourth-order valence-corrected chi connectivity index (χ4v) is 1.35. The number of nitrogens with one attached hydrogen (secondary N) is 2. The van der Waals surface area contributed by atoms with Crippen LogP contribution in [-0.2, 0) is 4.74 Å². The van der Waals surface area contributed by atoms with Gasteiger partial charge in [0.25, 0.3) is 5.91 Å². The molecule has 1 aromatic heterocycles. The highest BCUT2D eigenvalue weighted by Gasteiger charge is 2.12. The molecule has 0 spiro atoms. The highest BCUT2D eigenvalue weighted by Crippen LogP contribution is 1.96. The summed E-state index contributed by atoms with van der Waals surface area (Å²) in [5.74, 6) is -0.0863. The van der Waals surface area contributed by atoms with Crippen molar-refractivity contribution in [2.45, 2.75) is 6.04 Å². The summed E-state index contributed by atoms with van der Waals surface area (Å²) < 4.78 is 4.89. The average molecular weight is 245 g/mol. The van der Waals surface area contributed by atoms with Crippen LogP contribution in [0, 0.1) is 0 Å². The molecule has 1 unspecified atom stereocenters. The van der Waals surface area contributed by atoms with Crippen molar-refractivity contribution in [1.29, 1.82) is 0 Å².